The predicted molar refractivity (Wildman–Crippen MR) is 63.0 cm³/mol. The van der Waals surface area contributed by atoms with E-state index in [0.717, 1.165) is 5.69 Å². The van der Waals surface area contributed by atoms with Crippen molar-refractivity contribution in [2.24, 2.45) is 0 Å². The molecule has 2 aromatic rings. The SMILES string of the molecule is Cc1cn(-c2ccc(C=O)c3c2OC(F)(F)C3)cn1. The fourth-order valence-corrected chi connectivity index (χ4v) is 2.18. The summed E-state index contributed by atoms with van der Waals surface area (Å²) in [6, 6.07) is 3.09. The van der Waals surface area contributed by atoms with Gasteiger partial charge in [-0.15, -0.1) is 0 Å². The number of ether oxygens (including phenoxy) is 1. The molecule has 4 nitrogen and oxygen atoms in total. The van der Waals surface area contributed by atoms with Crippen LogP contribution in [0, 0.1) is 6.92 Å². The Kier molecular flexibility index (Phi) is 2.41. The largest absolute Gasteiger partial charge is 0.430 e. The van der Waals surface area contributed by atoms with Gasteiger partial charge in [-0.05, 0) is 19.1 Å². The lowest BCUT2D eigenvalue weighted by Gasteiger charge is -2.11. The fourth-order valence-electron chi connectivity index (χ4n) is 2.18. The normalized spacial score (nSPS) is 15.9. The molecule has 0 saturated heterocycles. The smallest absolute Gasteiger partial charge is 0.402 e. The number of benzene rings is 1. The molecule has 0 amide bonds. The van der Waals surface area contributed by atoms with Gasteiger partial charge in [-0.3, -0.25) is 4.79 Å². The maximum atomic E-state index is 13.4. The number of carbonyl (C=O) groups excluding carboxylic acids is 1. The second-order valence-electron chi connectivity index (χ2n) is 4.44. The number of alkyl halides is 2. The van der Waals surface area contributed by atoms with E-state index in [4.69, 9.17) is 4.74 Å². The Hall–Kier alpha value is -2.24. The lowest BCUT2D eigenvalue weighted by Crippen LogP contribution is -2.21. The first-order valence-electron chi connectivity index (χ1n) is 5.69. The van der Waals surface area contributed by atoms with Crippen molar-refractivity contribution in [1.82, 2.24) is 9.55 Å². The van der Waals surface area contributed by atoms with Gasteiger partial charge in [0.15, 0.2) is 5.75 Å². The quantitative estimate of drug-likeness (QED) is 0.783. The van der Waals surface area contributed by atoms with Gasteiger partial charge in [-0.2, -0.15) is 8.78 Å². The molecular formula is C13H10F2N2O2. The van der Waals surface area contributed by atoms with Gasteiger partial charge in [0, 0.05) is 17.3 Å². The zero-order valence-corrected chi connectivity index (χ0v) is 10.1. The molecule has 0 bridgehead atoms. The van der Waals surface area contributed by atoms with E-state index in [0.29, 0.717) is 12.0 Å². The van der Waals surface area contributed by atoms with E-state index in [1.807, 2.05) is 0 Å². The summed E-state index contributed by atoms with van der Waals surface area (Å²) >= 11 is 0. The van der Waals surface area contributed by atoms with Crippen LogP contribution < -0.4 is 4.74 Å². The minimum Gasteiger partial charge on any atom is -0.430 e. The van der Waals surface area contributed by atoms with Gasteiger partial charge in [0.2, 0.25) is 0 Å². The van der Waals surface area contributed by atoms with Crippen molar-refractivity contribution in [3.05, 3.63) is 41.5 Å². The number of aldehydes is 1. The van der Waals surface area contributed by atoms with Crippen molar-refractivity contribution in [2.45, 2.75) is 19.5 Å². The van der Waals surface area contributed by atoms with Gasteiger partial charge in [0.25, 0.3) is 0 Å². The second kappa shape index (κ2) is 3.88. The zero-order chi connectivity index (χ0) is 13.6. The Bertz CT molecular complexity index is 665. The van der Waals surface area contributed by atoms with E-state index < -0.39 is 12.5 Å². The van der Waals surface area contributed by atoms with Gasteiger partial charge in [-0.25, -0.2) is 4.98 Å². The number of carbonyl (C=O) groups is 1. The van der Waals surface area contributed by atoms with Gasteiger partial charge in [0.1, 0.15) is 6.29 Å². The van der Waals surface area contributed by atoms with Crippen molar-refractivity contribution in [1.29, 1.82) is 0 Å². The van der Waals surface area contributed by atoms with Gasteiger partial charge in [-0.1, -0.05) is 0 Å². The fraction of sp³-hybridized carbons (Fsp3) is 0.231. The molecule has 6 heteroatoms. The van der Waals surface area contributed by atoms with Crippen molar-refractivity contribution in [3.63, 3.8) is 0 Å². The monoisotopic (exact) mass is 264 g/mol. The Labute approximate surface area is 107 Å². The van der Waals surface area contributed by atoms with Gasteiger partial charge in [0.05, 0.1) is 24.1 Å². The Balaban J connectivity index is 2.19. The summed E-state index contributed by atoms with van der Waals surface area (Å²) in [5, 5.41) is 0. The van der Waals surface area contributed by atoms with Crippen molar-refractivity contribution < 1.29 is 18.3 Å². The molecule has 98 valence electrons. The molecule has 0 spiro atoms. The molecule has 3 rings (SSSR count). The first-order valence-corrected chi connectivity index (χ1v) is 5.69. The number of aryl methyl sites for hydroxylation is 1. The molecule has 19 heavy (non-hydrogen) atoms. The average molecular weight is 264 g/mol. The highest BCUT2D eigenvalue weighted by Crippen LogP contribution is 2.42. The maximum Gasteiger partial charge on any atom is 0.402 e. The third-order valence-corrected chi connectivity index (χ3v) is 3.03. The number of aromatic nitrogens is 2. The molecule has 0 saturated carbocycles. The molecule has 0 atom stereocenters. The maximum absolute atomic E-state index is 13.4. The van der Waals surface area contributed by atoms with Crippen LogP contribution in [0.4, 0.5) is 8.78 Å². The van der Waals surface area contributed by atoms with Crippen LogP contribution in [0.3, 0.4) is 0 Å². The third-order valence-electron chi connectivity index (χ3n) is 3.03. The summed E-state index contributed by atoms with van der Waals surface area (Å²) in [4.78, 5) is 15.0. The van der Waals surface area contributed by atoms with E-state index in [-0.39, 0.29) is 16.9 Å². The molecule has 1 aliphatic heterocycles. The van der Waals surface area contributed by atoms with Crippen LogP contribution in [0.2, 0.25) is 0 Å². The number of hydrogen-bond acceptors (Lipinski definition) is 3. The number of rotatable bonds is 2. The summed E-state index contributed by atoms with van der Waals surface area (Å²) in [6.07, 6.45) is -0.0718. The minimum atomic E-state index is -3.27. The number of fused-ring (bicyclic) bond motifs is 1. The van der Waals surface area contributed by atoms with E-state index in [1.54, 1.807) is 23.8 Å². The summed E-state index contributed by atoms with van der Waals surface area (Å²) in [6.45, 7) is 1.80. The summed E-state index contributed by atoms with van der Waals surface area (Å²) in [5.74, 6) is 0.0481. The van der Waals surface area contributed by atoms with Gasteiger partial charge >= 0.3 is 6.11 Å². The lowest BCUT2D eigenvalue weighted by molar-refractivity contribution is -0.159. The van der Waals surface area contributed by atoms with Crippen molar-refractivity contribution in [2.75, 3.05) is 0 Å². The Morgan fingerprint density at radius 2 is 2.26 bits per heavy atom. The third kappa shape index (κ3) is 1.89. The van der Waals surface area contributed by atoms with E-state index in [9.17, 15) is 13.6 Å². The molecular weight excluding hydrogens is 254 g/mol. The van der Waals surface area contributed by atoms with Crippen LogP contribution >= 0.6 is 0 Å². The van der Waals surface area contributed by atoms with E-state index in [2.05, 4.69) is 4.98 Å². The summed E-state index contributed by atoms with van der Waals surface area (Å²) in [5.41, 5.74) is 1.69. The zero-order valence-electron chi connectivity index (χ0n) is 10.1. The molecule has 0 N–H and O–H groups in total. The van der Waals surface area contributed by atoms with Crippen LogP contribution in [0.1, 0.15) is 21.6 Å². The minimum absolute atomic E-state index is 0.0481. The first kappa shape index (κ1) is 11.8. The molecule has 0 aliphatic carbocycles. The van der Waals surface area contributed by atoms with Crippen molar-refractivity contribution in [3.8, 4) is 11.4 Å². The van der Waals surface area contributed by atoms with Crippen LogP contribution in [0.25, 0.3) is 5.69 Å². The van der Waals surface area contributed by atoms with E-state index in [1.165, 1.54) is 12.4 Å². The lowest BCUT2D eigenvalue weighted by atomic mass is 10.0. The van der Waals surface area contributed by atoms with Gasteiger partial charge < -0.3 is 9.30 Å². The molecule has 1 aliphatic rings. The van der Waals surface area contributed by atoms with E-state index >= 15 is 0 Å². The Morgan fingerprint density at radius 1 is 1.47 bits per heavy atom. The van der Waals surface area contributed by atoms with Crippen LogP contribution in [0.5, 0.6) is 5.75 Å². The second-order valence-corrected chi connectivity index (χ2v) is 4.44. The first-order chi connectivity index (χ1) is 9.00. The highest BCUT2D eigenvalue weighted by molar-refractivity contribution is 5.81. The molecule has 1 aromatic heterocycles. The molecule has 0 radical (unpaired) electrons. The number of hydrogen-bond donors (Lipinski definition) is 0. The predicted octanol–water partition coefficient (Wildman–Crippen LogP) is 2.52. The molecule has 1 aromatic carbocycles. The molecule has 0 unspecified atom stereocenters. The number of nitrogens with zero attached hydrogens (tertiary/aromatic N) is 2. The molecule has 0 fully saturated rings. The highest BCUT2D eigenvalue weighted by atomic mass is 19.3. The average Bonchev–Trinajstić information content (AvgIpc) is 2.90. The summed E-state index contributed by atoms with van der Waals surface area (Å²) in [7, 11) is 0. The Morgan fingerprint density at radius 3 is 2.89 bits per heavy atom. The topological polar surface area (TPSA) is 44.1 Å². The van der Waals surface area contributed by atoms with Crippen LogP contribution in [0.15, 0.2) is 24.7 Å². The number of halogens is 2. The van der Waals surface area contributed by atoms with Crippen LogP contribution in [-0.2, 0) is 6.42 Å². The standard InChI is InChI=1S/C13H10F2N2O2/c1-8-5-17(7-16-8)11-3-2-9(6-18)10-4-13(14,15)19-12(10)11/h2-3,5-7H,4H2,1H3. The summed E-state index contributed by atoms with van der Waals surface area (Å²) < 4.78 is 33.1. The highest BCUT2D eigenvalue weighted by Gasteiger charge is 2.42. The molecule has 2 heterocycles. The van der Waals surface area contributed by atoms with Crippen LogP contribution in [-0.4, -0.2) is 21.9 Å². The number of imidazole rings is 1. The van der Waals surface area contributed by atoms with Crippen molar-refractivity contribution >= 4 is 6.29 Å².